The molecule has 0 bridgehead atoms. The fourth-order valence-electron chi connectivity index (χ4n) is 2.08. The molecular weight excluding hydrogens is 257 g/mol. The van der Waals surface area contributed by atoms with E-state index in [0.717, 1.165) is 12.1 Å². The maximum absolute atomic E-state index is 12.8. The quantitative estimate of drug-likeness (QED) is 0.822. The fourth-order valence-corrected chi connectivity index (χ4v) is 3.67. The average molecular weight is 273 g/mol. The van der Waals surface area contributed by atoms with Gasteiger partial charge in [-0.3, -0.25) is 0 Å². The van der Waals surface area contributed by atoms with Crippen LogP contribution in [0.4, 0.5) is 4.39 Å². The number of halogens is 1. The van der Waals surface area contributed by atoms with Crippen LogP contribution in [-0.4, -0.2) is 38.0 Å². The van der Waals surface area contributed by atoms with Crippen molar-refractivity contribution in [1.82, 2.24) is 4.31 Å². The van der Waals surface area contributed by atoms with Gasteiger partial charge < -0.3 is 4.74 Å². The van der Waals surface area contributed by atoms with Crippen LogP contribution >= 0.6 is 0 Å². The maximum atomic E-state index is 12.8. The first-order valence-electron chi connectivity index (χ1n) is 5.81. The molecule has 0 radical (unpaired) electrons. The Labute approximate surface area is 106 Å². The Morgan fingerprint density at radius 3 is 2.17 bits per heavy atom. The van der Waals surface area contributed by atoms with Gasteiger partial charge in [-0.2, -0.15) is 4.31 Å². The summed E-state index contributed by atoms with van der Waals surface area (Å²) in [6.45, 7) is 4.32. The first kappa shape index (κ1) is 13.5. The molecule has 18 heavy (non-hydrogen) atoms. The van der Waals surface area contributed by atoms with Gasteiger partial charge in [-0.05, 0) is 38.1 Å². The number of hydrogen-bond donors (Lipinski definition) is 0. The molecule has 100 valence electrons. The third-order valence-corrected chi connectivity index (χ3v) is 4.68. The van der Waals surface area contributed by atoms with Crippen LogP contribution in [0.1, 0.15) is 13.8 Å². The van der Waals surface area contributed by atoms with Crippen LogP contribution in [0.2, 0.25) is 0 Å². The lowest BCUT2D eigenvalue weighted by molar-refractivity contribution is -0.0440. The first-order chi connectivity index (χ1) is 8.39. The van der Waals surface area contributed by atoms with Crippen LogP contribution in [0.25, 0.3) is 0 Å². The molecule has 0 spiro atoms. The maximum Gasteiger partial charge on any atom is 0.243 e. The van der Waals surface area contributed by atoms with Crippen molar-refractivity contribution in [3.8, 4) is 0 Å². The number of benzene rings is 1. The van der Waals surface area contributed by atoms with Gasteiger partial charge >= 0.3 is 0 Å². The monoisotopic (exact) mass is 273 g/mol. The summed E-state index contributed by atoms with van der Waals surface area (Å²) in [6, 6.07) is 4.88. The van der Waals surface area contributed by atoms with Crippen LogP contribution in [0.3, 0.4) is 0 Å². The highest BCUT2D eigenvalue weighted by atomic mass is 32.2. The molecule has 1 aromatic rings. The van der Waals surface area contributed by atoms with Crippen molar-refractivity contribution < 1.29 is 17.5 Å². The molecule has 0 saturated carbocycles. The van der Waals surface area contributed by atoms with E-state index < -0.39 is 15.8 Å². The minimum Gasteiger partial charge on any atom is -0.373 e. The van der Waals surface area contributed by atoms with E-state index in [4.69, 9.17) is 4.74 Å². The Morgan fingerprint density at radius 1 is 1.17 bits per heavy atom. The highest BCUT2D eigenvalue weighted by molar-refractivity contribution is 7.89. The van der Waals surface area contributed by atoms with Crippen LogP contribution in [0, 0.1) is 5.82 Å². The lowest BCUT2D eigenvalue weighted by Gasteiger charge is -2.34. The molecule has 2 unspecified atom stereocenters. The van der Waals surface area contributed by atoms with E-state index in [2.05, 4.69) is 0 Å². The number of sulfonamides is 1. The van der Waals surface area contributed by atoms with Crippen molar-refractivity contribution in [1.29, 1.82) is 0 Å². The molecule has 6 heteroatoms. The number of ether oxygens (including phenoxy) is 1. The lowest BCUT2D eigenvalue weighted by atomic mass is 10.3. The van der Waals surface area contributed by atoms with Gasteiger partial charge in [-0.15, -0.1) is 0 Å². The highest BCUT2D eigenvalue weighted by Crippen LogP contribution is 2.21. The Morgan fingerprint density at radius 2 is 1.67 bits per heavy atom. The number of morpholine rings is 1. The molecule has 2 rings (SSSR count). The zero-order chi connectivity index (χ0) is 13.3. The van der Waals surface area contributed by atoms with Gasteiger partial charge in [0.1, 0.15) is 5.82 Å². The predicted molar refractivity (Wildman–Crippen MR) is 65.2 cm³/mol. The van der Waals surface area contributed by atoms with Crippen LogP contribution in [0.15, 0.2) is 29.2 Å². The molecule has 0 N–H and O–H groups in total. The predicted octanol–water partition coefficient (Wildman–Crippen LogP) is 1.62. The fraction of sp³-hybridized carbons (Fsp3) is 0.500. The SMILES string of the molecule is CC1CN(S(=O)(=O)c2ccc(F)cc2)CC(C)O1. The van der Waals surface area contributed by atoms with Gasteiger partial charge in [0.25, 0.3) is 0 Å². The van der Waals surface area contributed by atoms with Gasteiger partial charge in [-0.1, -0.05) is 0 Å². The van der Waals surface area contributed by atoms with Gasteiger partial charge in [0.2, 0.25) is 10.0 Å². The van der Waals surface area contributed by atoms with Gasteiger partial charge in [0.05, 0.1) is 17.1 Å². The summed E-state index contributed by atoms with van der Waals surface area (Å²) in [4.78, 5) is 0.116. The summed E-state index contributed by atoms with van der Waals surface area (Å²) in [5.74, 6) is -0.447. The molecule has 0 aromatic heterocycles. The zero-order valence-corrected chi connectivity index (χ0v) is 11.2. The molecule has 1 fully saturated rings. The second-order valence-electron chi connectivity index (χ2n) is 4.53. The molecule has 1 heterocycles. The van der Waals surface area contributed by atoms with E-state index in [-0.39, 0.29) is 17.1 Å². The van der Waals surface area contributed by atoms with E-state index in [9.17, 15) is 12.8 Å². The summed E-state index contributed by atoms with van der Waals surface area (Å²) >= 11 is 0. The molecule has 2 atom stereocenters. The Hall–Kier alpha value is -0.980. The minimum atomic E-state index is -3.56. The molecule has 0 aliphatic carbocycles. The van der Waals surface area contributed by atoms with Crippen molar-refractivity contribution in [2.45, 2.75) is 31.0 Å². The van der Waals surface area contributed by atoms with Crippen molar-refractivity contribution in [3.05, 3.63) is 30.1 Å². The summed E-state index contributed by atoms with van der Waals surface area (Å²) in [7, 11) is -3.56. The van der Waals surface area contributed by atoms with Gasteiger partial charge in [-0.25, -0.2) is 12.8 Å². The van der Waals surface area contributed by atoms with E-state index in [1.54, 1.807) is 0 Å². The minimum absolute atomic E-state index is 0.116. The van der Waals surface area contributed by atoms with E-state index >= 15 is 0 Å². The summed E-state index contributed by atoms with van der Waals surface area (Å²) in [5.41, 5.74) is 0. The molecule has 1 aromatic carbocycles. The number of nitrogens with zero attached hydrogens (tertiary/aromatic N) is 1. The summed E-state index contributed by atoms with van der Waals surface area (Å²) in [6.07, 6.45) is -0.270. The highest BCUT2D eigenvalue weighted by Gasteiger charge is 2.32. The molecular formula is C12H16FNO3S. The Bertz CT molecular complexity index is 505. The van der Waals surface area contributed by atoms with E-state index in [0.29, 0.717) is 13.1 Å². The smallest absolute Gasteiger partial charge is 0.243 e. The molecule has 4 nitrogen and oxygen atoms in total. The van der Waals surface area contributed by atoms with Crippen molar-refractivity contribution in [2.75, 3.05) is 13.1 Å². The molecule has 1 aliphatic rings. The third-order valence-electron chi connectivity index (χ3n) is 2.84. The van der Waals surface area contributed by atoms with Crippen LogP contribution < -0.4 is 0 Å². The molecule has 1 aliphatic heterocycles. The molecule has 0 amide bonds. The van der Waals surface area contributed by atoms with E-state index in [1.165, 1.54) is 16.4 Å². The van der Waals surface area contributed by atoms with Gasteiger partial charge in [0.15, 0.2) is 0 Å². The number of rotatable bonds is 2. The first-order valence-corrected chi connectivity index (χ1v) is 7.25. The lowest BCUT2D eigenvalue weighted by Crippen LogP contribution is -2.48. The number of hydrogen-bond acceptors (Lipinski definition) is 3. The van der Waals surface area contributed by atoms with Gasteiger partial charge in [0, 0.05) is 13.1 Å². The topological polar surface area (TPSA) is 46.6 Å². The Balaban J connectivity index is 2.28. The summed E-state index contributed by atoms with van der Waals surface area (Å²) in [5, 5.41) is 0. The van der Waals surface area contributed by atoms with Crippen molar-refractivity contribution in [2.24, 2.45) is 0 Å². The Kier molecular flexibility index (Phi) is 3.70. The third kappa shape index (κ3) is 2.71. The molecule has 1 saturated heterocycles. The summed E-state index contributed by atoms with van der Waals surface area (Å²) < 4.78 is 44.4. The average Bonchev–Trinajstić information content (AvgIpc) is 2.28. The van der Waals surface area contributed by atoms with E-state index in [1.807, 2.05) is 13.8 Å². The second kappa shape index (κ2) is 4.95. The zero-order valence-electron chi connectivity index (χ0n) is 10.3. The van der Waals surface area contributed by atoms with Crippen molar-refractivity contribution >= 4 is 10.0 Å². The second-order valence-corrected chi connectivity index (χ2v) is 6.47. The van der Waals surface area contributed by atoms with Crippen LogP contribution in [-0.2, 0) is 14.8 Å². The standard InChI is InChI=1S/C12H16FNO3S/c1-9-7-14(8-10(2)17-9)18(15,16)12-5-3-11(13)4-6-12/h3-6,9-10H,7-8H2,1-2H3. The van der Waals surface area contributed by atoms with Crippen LogP contribution in [0.5, 0.6) is 0 Å². The normalized spacial score (nSPS) is 26.2. The van der Waals surface area contributed by atoms with Crippen molar-refractivity contribution in [3.63, 3.8) is 0 Å². The largest absolute Gasteiger partial charge is 0.373 e.